The number of rotatable bonds is 6. The zero-order valence-corrected chi connectivity index (χ0v) is 12.3. The smallest absolute Gasteiger partial charge is 0.261 e. The van der Waals surface area contributed by atoms with Crippen LogP contribution in [-0.2, 0) is 0 Å². The maximum atomic E-state index is 12.0. The highest BCUT2D eigenvalue weighted by Gasteiger charge is 2.13. The van der Waals surface area contributed by atoms with Crippen molar-refractivity contribution in [3.63, 3.8) is 0 Å². The fraction of sp³-hybridized carbons (Fsp3) is 0.533. The first-order valence-electron chi connectivity index (χ1n) is 6.71. The van der Waals surface area contributed by atoms with Crippen LogP contribution in [0.25, 0.3) is 0 Å². The average molecular weight is 279 g/mol. The first kappa shape index (κ1) is 15.7. The minimum Gasteiger partial charge on any atom is -0.395 e. The minimum atomic E-state index is -0.0134. The number of nitrogens with one attached hydrogen (secondary N) is 1. The van der Waals surface area contributed by atoms with E-state index in [1.807, 2.05) is 12.1 Å². The summed E-state index contributed by atoms with van der Waals surface area (Å²) in [5.74, 6) is 5.78. The molecule has 0 aliphatic rings. The molecule has 1 atom stereocenters. The van der Waals surface area contributed by atoms with E-state index in [4.69, 9.17) is 5.11 Å². The molecule has 2 N–H and O–H groups in total. The van der Waals surface area contributed by atoms with Crippen molar-refractivity contribution in [2.45, 2.75) is 45.6 Å². The zero-order valence-electron chi connectivity index (χ0n) is 11.5. The Morgan fingerprint density at radius 2 is 2.26 bits per heavy atom. The summed E-state index contributed by atoms with van der Waals surface area (Å²) in [5, 5.41) is 11.7. The van der Waals surface area contributed by atoms with Crippen LogP contribution < -0.4 is 5.32 Å². The predicted molar refractivity (Wildman–Crippen MR) is 79.4 cm³/mol. The molecule has 4 heteroatoms. The van der Waals surface area contributed by atoms with Crippen molar-refractivity contribution in [1.82, 2.24) is 5.32 Å². The Labute approximate surface area is 119 Å². The van der Waals surface area contributed by atoms with E-state index in [0.717, 1.165) is 24.1 Å². The van der Waals surface area contributed by atoms with Gasteiger partial charge in [0.2, 0.25) is 0 Å². The largest absolute Gasteiger partial charge is 0.395 e. The molecule has 1 rings (SSSR count). The SMILES string of the molecule is CCCC(CC)NC(=O)c1ccc(C#CCCO)s1. The van der Waals surface area contributed by atoms with E-state index in [0.29, 0.717) is 11.3 Å². The van der Waals surface area contributed by atoms with Gasteiger partial charge in [-0.15, -0.1) is 11.3 Å². The maximum absolute atomic E-state index is 12.0. The van der Waals surface area contributed by atoms with Crippen LogP contribution >= 0.6 is 11.3 Å². The first-order valence-corrected chi connectivity index (χ1v) is 7.53. The van der Waals surface area contributed by atoms with Gasteiger partial charge in [-0.2, -0.15) is 0 Å². The summed E-state index contributed by atoms with van der Waals surface area (Å²) in [4.78, 5) is 13.6. The number of aliphatic hydroxyl groups is 1. The Balaban J connectivity index is 2.61. The second-order valence-electron chi connectivity index (χ2n) is 4.31. The topological polar surface area (TPSA) is 49.3 Å². The van der Waals surface area contributed by atoms with Gasteiger partial charge < -0.3 is 10.4 Å². The lowest BCUT2D eigenvalue weighted by atomic mass is 10.1. The first-order chi connectivity index (χ1) is 9.21. The quantitative estimate of drug-likeness (QED) is 0.787. The van der Waals surface area contributed by atoms with Crippen LogP contribution in [0.1, 0.15) is 54.1 Å². The van der Waals surface area contributed by atoms with E-state index in [2.05, 4.69) is 31.0 Å². The molecule has 3 nitrogen and oxygen atoms in total. The Morgan fingerprint density at radius 3 is 2.89 bits per heavy atom. The molecule has 0 radical (unpaired) electrons. The van der Waals surface area contributed by atoms with Gasteiger partial charge in [-0.1, -0.05) is 32.1 Å². The lowest BCUT2D eigenvalue weighted by Gasteiger charge is -2.15. The molecule has 1 amide bonds. The number of amides is 1. The average Bonchev–Trinajstić information content (AvgIpc) is 2.87. The standard InChI is InChI=1S/C15H21NO2S/c1-3-7-12(4-2)16-15(18)14-10-9-13(19-14)8-5-6-11-17/h9-10,12,17H,3-4,6-7,11H2,1-2H3,(H,16,18). The van der Waals surface area contributed by atoms with Crippen LogP contribution in [-0.4, -0.2) is 23.7 Å². The Kier molecular flexibility index (Phi) is 7.24. The number of thiophene rings is 1. The summed E-state index contributed by atoms with van der Waals surface area (Å²) in [6, 6.07) is 3.91. The summed E-state index contributed by atoms with van der Waals surface area (Å²) in [6.07, 6.45) is 3.50. The monoisotopic (exact) mass is 279 g/mol. The zero-order chi connectivity index (χ0) is 14.1. The number of carbonyl (C=O) groups excluding carboxylic acids is 1. The molecule has 0 aliphatic carbocycles. The van der Waals surface area contributed by atoms with Crippen molar-refractivity contribution in [3.8, 4) is 11.8 Å². The van der Waals surface area contributed by atoms with Crippen molar-refractivity contribution in [1.29, 1.82) is 0 Å². The summed E-state index contributed by atoms with van der Waals surface area (Å²) in [7, 11) is 0. The molecular formula is C15H21NO2S. The molecule has 0 aromatic carbocycles. The number of aliphatic hydroxyl groups excluding tert-OH is 1. The molecular weight excluding hydrogens is 258 g/mol. The lowest BCUT2D eigenvalue weighted by molar-refractivity contribution is 0.0938. The van der Waals surface area contributed by atoms with Gasteiger partial charge in [0.15, 0.2) is 0 Å². The minimum absolute atomic E-state index is 0.0134. The third-order valence-corrected chi connectivity index (χ3v) is 3.74. The van der Waals surface area contributed by atoms with E-state index >= 15 is 0 Å². The molecule has 19 heavy (non-hydrogen) atoms. The van der Waals surface area contributed by atoms with Crippen LogP contribution in [0.5, 0.6) is 0 Å². The molecule has 1 heterocycles. The molecule has 104 valence electrons. The summed E-state index contributed by atoms with van der Waals surface area (Å²) in [6.45, 7) is 4.27. The second-order valence-corrected chi connectivity index (χ2v) is 5.39. The van der Waals surface area contributed by atoms with Crippen LogP contribution in [0.4, 0.5) is 0 Å². The molecule has 1 aromatic heterocycles. The fourth-order valence-corrected chi connectivity index (χ4v) is 2.50. The van der Waals surface area contributed by atoms with E-state index in [1.54, 1.807) is 0 Å². The van der Waals surface area contributed by atoms with Gasteiger partial charge in [0.25, 0.3) is 5.91 Å². The molecule has 1 aromatic rings. The van der Waals surface area contributed by atoms with Gasteiger partial charge >= 0.3 is 0 Å². The van der Waals surface area contributed by atoms with E-state index in [-0.39, 0.29) is 18.6 Å². The molecule has 0 bridgehead atoms. The molecule has 0 saturated heterocycles. The van der Waals surface area contributed by atoms with Gasteiger partial charge in [-0.3, -0.25) is 4.79 Å². The molecule has 0 spiro atoms. The Morgan fingerprint density at radius 1 is 1.47 bits per heavy atom. The third kappa shape index (κ3) is 5.46. The van der Waals surface area contributed by atoms with Gasteiger partial charge in [-0.25, -0.2) is 0 Å². The Hall–Kier alpha value is -1.31. The van der Waals surface area contributed by atoms with E-state index < -0.39 is 0 Å². The lowest BCUT2D eigenvalue weighted by Crippen LogP contribution is -2.33. The van der Waals surface area contributed by atoms with E-state index in [9.17, 15) is 4.79 Å². The van der Waals surface area contributed by atoms with Crippen LogP contribution in [0, 0.1) is 11.8 Å². The van der Waals surface area contributed by atoms with Crippen LogP contribution in [0.2, 0.25) is 0 Å². The summed E-state index contributed by atoms with van der Waals surface area (Å²) < 4.78 is 0. The van der Waals surface area contributed by atoms with Crippen LogP contribution in [0.3, 0.4) is 0 Å². The highest BCUT2D eigenvalue weighted by atomic mass is 32.1. The Bertz CT molecular complexity index is 456. The van der Waals surface area contributed by atoms with Gasteiger partial charge in [-0.05, 0) is 25.0 Å². The number of carbonyl (C=O) groups is 1. The van der Waals surface area contributed by atoms with Gasteiger partial charge in [0.1, 0.15) is 0 Å². The highest BCUT2D eigenvalue weighted by molar-refractivity contribution is 7.14. The van der Waals surface area contributed by atoms with Crippen LogP contribution in [0.15, 0.2) is 12.1 Å². The highest BCUT2D eigenvalue weighted by Crippen LogP contribution is 2.16. The summed E-state index contributed by atoms with van der Waals surface area (Å²) >= 11 is 1.39. The predicted octanol–water partition coefficient (Wildman–Crippen LogP) is 2.79. The molecule has 0 fully saturated rings. The van der Waals surface area contributed by atoms with E-state index in [1.165, 1.54) is 11.3 Å². The number of hydrogen-bond acceptors (Lipinski definition) is 3. The second kappa shape index (κ2) is 8.73. The molecule has 0 aliphatic heterocycles. The van der Waals surface area contributed by atoms with Crippen molar-refractivity contribution < 1.29 is 9.90 Å². The van der Waals surface area contributed by atoms with Gasteiger partial charge in [0.05, 0.1) is 16.4 Å². The maximum Gasteiger partial charge on any atom is 0.261 e. The third-order valence-electron chi connectivity index (χ3n) is 2.74. The van der Waals surface area contributed by atoms with Crippen molar-refractivity contribution in [2.24, 2.45) is 0 Å². The van der Waals surface area contributed by atoms with Crippen molar-refractivity contribution >= 4 is 17.2 Å². The fourth-order valence-electron chi connectivity index (χ4n) is 1.72. The van der Waals surface area contributed by atoms with Crippen molar-refractivity contribution in [3.05, 3.63) is 21.9 Å². The number of hydrogen-bond donors (Lipinski definition) is 2. The molecule has 1 unspecified atom stereocenters. The normalized spacial score (nSPS) is 11.5. The van der Waals surface area contributed by atoms with Gasteiger partial charge in [0, 0.05) is 12.5 Å². The molecule has 0 saturated carbocycles. The summed E-state index contributed by atoms with van der Waals surface area (Å²) in [5.41, 5.74) is 0. The van der Waals surface area contributed by atoms with Crippen molar-refractivity contribution in [2.75, 3.05) is 6.61 Å².